The molecule has 1 heterocycles. The van der Waals surface area contributed by atoms with E-state index in [0.717, 1.165) is 44.9 Å². The molecule has 1 aliphatic heterocycles. The summed E-state index contributed by atoms with van der Waals surface area (Å²) >= 11 is 0. The van der Waals surface area contributed by atoms with Crippen LogP contribution in [0.5, 0.6) is 0 Å². The first-order valence-electron chi connectivity index (χ1n) is 11.8. The van der Waals surface area contributed by atoms with Crippen LogP contribution in [0.3, 0.4) is 0 Å². The van der Waals surface area contributed by atoms with E-state index in [1.165, 1.54) is 24.8 Å². The Morgan fingerprint density at radius 1 is 1.00 bits per heavy atom. The summed E-state index contributed by atoms with van der Waals surface area (Å²) in [6.07, 6.45) is 10.1. The highest BCUT2D eigenvalue weighted by atomic mass is 16.6. The first-order chi connectivity index (χ1) is 14.7. The minimum atomic E-state index is -0.367. The summed E-state index contributed by atoms with van der Waals surface area (Å²) in [6.45, 7) is 5.16. The number of nitrogens with zero attached hydrogens (tertiary/aromatic N) is 1. The average molecular weight is 418 g/mol. The van der Waals surface area contributed by atoms with Gasteiger partial charge >= 0.3 is 12.1 Å². The number of amides is 1. The van der Waals surface area contributed by atoms with Gasteiger partial charge in [0.05, 0.1) is 6.04 Å². The van der Waals surface area contributed by atoms with Gasteiger partial charge in [0.1, 0.15) is 6.61 Å². The van der Waals surface area contributed by atoms with Crippen LogP contribution >= 0.6 is 0 Å². The molecule has 2 atom stereocenters. The van der Waals surface area contributed by atoms with Crippen LogP contribution in [0.1, 0.15) is 83.6 Å². The van der Waals surface area contributed by atoms with Gasteiger partial charge in [-0.15, -0.1) is 0 Å². The topological polar surface area (TPSA) is 55.8 Å². The quantitative estimate of drug-likeness (QED) is 0.263. The second kappa shape index (κ2) is 14.1. The summed E-state index contributed by atoms with van der Waals surface area (Å²) in [4.78, 5) is 26.4. The molecular weight excluding hydrogens is 378 g/mol. The van der Waals surface area contributed by atoms with Crippen molar-refractivity contribution in [1.82, 2.24) is 4.90 Å². The highest BCUT2D eigenvalue weighted by Gasteiger charge is 2.41. The fourth-order valence-corrected chi connectivity index (χ4v) is 3.96. The summed E-state index contributed by atoms with van der Waals surface area (Å²) in [5.41, 5.74) is 1.30. The molecule has 1 saturated heterocycles. The zero-order valence-corrected chi connectivity index (χ0v) is 18.8. The molecule has 1 aliphatic rings. The third-order valence-electron chi connectivity index (χ3n) is 5.77. The monoisotopic (exact) mass is 417 g/mol. The molecule has 2 rings (SSSR count). The van der Waals surface area contributed by atoms with Crippen LogP contribution in [0.15, 0.2) is 30.3 Å². The Kier molecular flexibility index (Phi) is 11.3. The van der Waals surface area contributed by atoms with Gasteiger partial charge in [0.25, 0.3) is 0 Å². The molecule has 0 aromatic heterocycles. The van der Waals surface area contributed by atoms with Crippen LogP contribution in [0.25, 0.3) is 0 Å². The normalized spacial score (nSPS) is 18.5. The number of hydrogen-bond donors (Lipinski definition) is 0. The lowest BCUT2D eigenvalue weighted by molar-refractivity contribution is -0.146. The molecule has 30 heavy (non-hydrogen) atoms. The molecular formula is C25H39NO4. The van der Waals surface area contributed by atoms with Crippen LogP contribution in [-0.2, 0) is 20.7 Å². The maximum Gasteiger partial charge on any atom is 0.410 e. The fourth-order valence-electron chi connectivity index (χ4n) is 3.96. The predicted octanol–water partition coefficient (Wildman–Crippen LogP) is 5.90. The second-order valence-electron chi connectivity index (χ2n) is 8.26. The Morgan fingerprint density at radius 2 is 1.73 bits per heavy atom. The van der Waals surface area contributed by atoms with E-state index < -0.39 is 0 Å². The summed E-state index contributed by atoms with van der Waals surface area (Å²) in [6, 6.07) is 10.4. The van der Waals surface area contributed by atoms with E-state index in [1.54, 1.807) is 0 Å². The molecule has 1 aromatic rings. The van der Waals surface area contributed by atoms with E-state index in [4.69, 9.17) is 9.47 Å². The molecule has 0 spiro atoms. The maximum atomic E-state index is 12.4. The van der Waals surface area contributed by atoms with Gasteiger partial charge in [0.15, 0.2) is 6.10 Å². The van der Waals surface area contributed by atoms with E-state index in [1.807, 2.05) is 11.0 Å². The Hall–Kier alpha value is -2.04. The van der Waals surface area contributed by atoms with Crippen molar-refractivity contribution in [2.75, 3.05) is 13.2 Å². The zero-order valence-electron chi connectivity index (χ0n) is 18.8. The number of aryl methyl sites for hydroxylation is 1. The van der Waals surface area contributed by atoms with Gasteiger partial charge in [-0.25, -0.2) is 4.79 Å². The zero-order chi connectivity index (χ0) is 21.6. The molecule has 0 N–H and O–H groups in total. The molecule has 5 heteroatoms. The van der Waals surface area contributed by atoms with Crippen molar-refractivity contribution >= 4 is 12.1 Å². The van der Waals surface area contributed by atoms with Crippen molar-refractivity contribution in [1.29, 1.82) is 0 Å². The van der Waals surface area contributed by atoms with Gasteiger partial charge in [-0.1, -0.05) is 76.3 Å². The Bertz CT molecular complexity index is 619. The molecule has 1 fully saturated rings. The van der Waals surface area contributed by atoms with Gasteiger partial charge in [0.2, 0.25) is 0 Å². The highest BCUT2D eigenvalue weighted by molar-refractivity contribution is 5.71. The summed E-state index contributed by atoms with van der Waals surface area (Å²) in [5.74, 6) is -0.183. The van der Waals surface area contributed by atoms with Gasteiger partial charge in [-0.2, -0.15) is 0 Å². The summed E-state index contributed by atoms with van der Waals surface area (Å²) < 4.78 is 11.1. The first-order valence-corrected chi connectivity index (χ1v) is 11.8. The predicted molar refractivity (Wildman–Crippen MR) is 119 cm³/mol. The average Bonchev–Trinajstić information content (AvgIpc) is 3.05. The molecule has 0 unspecified atom stereocenters. The number of benzene rings is 1. The summed E-state index contributed by atoms with van der Waals surface area (Å²) in [7, 11) is 0. The molecule has 168 valence electrons. The lowest BCUT2D eigenvalue weighted by Gasteiger charge is -2.24. The maximum absolute atomic E-state index is 12.4. The van der Waals surface area contributed by atoms with E-state index in [0.29, 0.717) is 13.0 Å². The second-order valence-corrected chi connectivity index (χ2v) is 8.26. The van der Waals surface area contributed by atoms with Crippen molar-refractivity contribution in [3.63, 3.8) is 0 Å². The van der Waals surface area contributed by atoms with Gasteiger partial charge in [-0.05, 0) is 37.7 Å². The summed E-state index contributed by atoms with van der Waals surface area (Å²) in [5, 5.41) is 0. The number of carbonyl (C=O) groups excluding carboxylic acids is 2. The van der Waals surface area contributed by atoms with Gasteiger partial charge in [-0.3, -0.25) is 4.79 Å². The Labute approximate surface area is 182 Å². The fraction of sp³-hybridized carbons (Fsp3) is 0.680. The molecule has 0 aliphatic carbocycles. The largest absolute Gasteiger partial charge is 0.462 e. The first kappa shape index (κ1) is 24.2. The van der Waals surface area contributed by atoms with E-state index in [-0.39, 0.29) is 30.8 Å². The van der Waals surface area contributed by atoms with Crippen molar-refractivity contribution in [2.45, 2.75) is 96.6 Å². The van der Waals surface area contributed by atoms with Crippen LogP contribution in [-0.4, -0.2) is 42.3 Å². The number of cyclic esters (lactones) is 1. The highest BCUT2D eigenvalue weighted by Crippen LogP contribution is 2.25. The number of hydrogen-bond acceptors (Lipinski definition) is 4. The standard InChI is InChI=1S/C25H39NO4/c1-3-5-7-8-12-18-24(27)29-20-23-22(26(19-6-4-2)25(28)30-23)17-13-16-21-14-10-9-11-15-21/h9-11,14-15,22-23H,3-8,12-13,16-20H2,1-2H3/t22-,23-/m1/s1. The molecule has 1 amide bonds. The van der Waals surface area contributed by atoms with Crippen molar-refractivity contribution < 1.29 is 19.1 Å². The van der Waals surface area contributed by atoms with E-state index in [2.05, 4.69) is 38.1 Å². The number of unbranched alkanes of at least 4 members (excludes halogenated alkanes) is 5. The van der Waals surface area contributed by atoms with Crippen LogP contribution in [0.2, 0.25) is 0 Å². The van der Waals surface area contributed by atoms with Crippen molar-refractivity contribution in [3.05, 3.63) is 35.9 Å². The van der Waals surface area contributed by atoms with Crippen LogP contribution in [0.4, 0.5) is 4.79 Å². The SMILES string of the molecule is CCCCCCCC(=O)OC[C@H]1OC(=O)N(CCCC)[C@@H]1CCCc1ccccc1. The molecule has 5 nitrogen and oxygen atoms in total. The minimum absolute atomic E-state index is 0.0230. The number of ether oxygens (including phenoxy) is 2. The molecule has 0 bridgehead atoms. The lowest BCUT2D eigenvalue weighted by Crippen LogP contribution is -2.39. The smallest absolute Gasteiger partial charge is 0.410 e. The molecule has 0 radical (unpaired) electrons. The van der Waals surface area contributed by atoms with Gasteiger partial charge in [0, 0.05) is 13.0 Å². The van der Waals surface area contributed by atoms with E-state index >= 15 is 0 Å². The third-order valence-corrected chi connectivity index (χ3v) is 5.77. The number of rotatable bonds is 15. The van der Waals surface area contributed by atoms with E-state index in [9.17, 15) is 9.59 Å². The van der Waals surface area contributed by atoms with Crippen molar-refractivity contribution in [3.8, 4) is 0 Å². The third kappa shape index (κ3) is 8.37. The van der Waals surface area contributed by atoms with Crippen molar-refractivity contribution in [2.24, 2.45) is 0 Å². The Morgan fingerprint density at radius 3 is 2.47 bits per heavy atom. The Balaban J connectivity index is 1.82. The lowest BCUT2D eigenvalue weighted by atomic mass is 10.0. The molecule has 1 aromatic carbocycles. The molecule has 0 saturated carbocycles. The van der Waals surface area contributed by atoms with Crippen LogP contribution in [0, 0.1) is 0 Å². The van der Waals surface area contributed by atoms with Gasteiger partial charge < -0.3 is 14.4 Å². The van der Waals surface area contributed by atoms with Crippen LogP contribution < -0.4 is 0 Å². The minimum Gasteiger partial charge on any atom is -0.462 e. The number of carbonyl (C=O) groups is 2. The number of esters is 1.